The molecule has 8 rings (SSSR count). The number of hydrogen-bond donors (Lipinski definition) is 1. The zero-order valence-electron chi connectivity index (χ0n) is 30.1. The number of terminal acetylenes is 1. The van der Waals surface area contributed by atoms with Crippen molar-refractivity contribution in [2.75, 3.05) is 37.7 Å². The Balaban J connectivity index is 1.33. The van der Waals surface area contributed by atoms with Crippen LogP contribution in [-0.2, 0) is 4.79 Å². The lowest BCUT2D eigenvalue weighted by Gasteiger charge is -2.47. The summed E-state index contributed by atoms with van der Waals surface area (Å²) in [6.07, 6.45) is 6.59. The molecule has 9 nitrogen and oxygen atoms in total. The Morgan fingerprint density at radius 1 is 1.02 bits per heavy atom. The van der Waals surface area contributed by atoms with Gasteiger partial charge in [-0.15, -0.1) is 6.42 Å². The molecule has 1 amide bonds. The quantitative estimate of drug-likeness (QED) is 0.147. The van der Waals surface area contributed by atoms with Crippen LogP contribution < -0.4 is 9.64 Å². The van der Waals surface area contributed by atoms with Gasteiger partial charge in [-0.05, 0) is 88.0 Å². The first kappa shape index (κ1) is 36.2. The number of anilines is 1. The number of phenols is 1. The van der Waals surface area contributed by atoms with Crippen LogP contribution in [-0.4, -0.2) is 92.4 Å². The van der Waals surface area contributed by atoms with E-state index in [4.69, 9.17) is 26.1 Å². The number of amides is 1. The Bertz CT molecular complexity index is 2180. The summed E-state index contributed by atoms with van der Waals surface area (Å²) in [5, 5.41) is 11.7. The summed E-state index contributed by atoms with van der Waals surface area (Å²) in [6.45, 7) is 5.66. The van der Waals surface area contributed by atoms with E-state index in [9.17, 15) is 23.1 Å². The zero-order chi connectivity index (χ0) is 38.1. The van der Waals surface area contributed by atoms with Crippen molar-refractivity contribution in [3.05, 3.63) is 47.2 Å². The van der Waals surface area contributed by atoms with E-state index in [1.165, 1.54) is 24.3 Å². The normalized spacial score (nSPS) is 21.5. The molecule has 4 aliphatic rings. The van der Waals surface area contributed by atoms with Crippen LogP contribution in [0.4, 0.5) is 27.8 Å². The molecule has 0 spiro atoms. The fraction of sp³-hybridized carbons (Fsp3) is 0.500. The van der Waals surface area contributed by atoms with E-state index in [2.05, 4.69) is 10.8 Å². The monoisotopic (exact) mass is 748 g/mol. The van der Waals surface area contributed by atoms with E-state index in [1.54, 1.807) is 13.8 Å². The van der Waals surface area contributed by atoms with Crippen molar-refractivity contribution in [3.8, 4) is 35.4 Å². The van der Waals surface area contributed by atoms with Gasteiger partial charge in [0.25, 0.3) is 0 Å². The number of nitrogens with zero attached hydrogens (tertiary/aromatic N) is 6. The highest BCUT2D eigenvalue weighted by atomic mass is 19.4. The molecule has 4 fully saturated rings. The molecule has 0 bridgehead atoms. The number of carbonyl (C=O) groups is 1. The second-order valence-electron chi connectivity index (χ2n) is 15.1. The Hall–Kier alpha value is -4.77. The molecule has 4 aromatic rings. The molecule has 1 aliphatic carbocycles. The van der Waals surface area contributed by atoms with Crippen molar-refractivity contribution in [1.29, 1.82) is 0 Å². The minimum absolute atomic E-state index is 0.00751. The van der Waals surface area contributed by atoms with Gasteiger partial charge in [-0.2, -0.15) is 23.1 Å². The highest BCUT2D eigenvalue weighted by Gasteiger charge is 2.49. The van der Waals surface area contributed by atoms with Gasteiger partial charge in [-0.25, -0.2) is 13.8 Å². The molecule has 2 aromatic heterocycles. The highest BCUT2D eigenvalue weighted by Crippen LogP contribution is 2.48. The molecule has 2 aromatic carbocycles. The summed E-state index contributed by atoms with van der Waals surface area (Å²) in [5.41, 5.74) is -0.0333. The van der Waals surface area contributed by atoms with Gasteiger partial charge in [-0.1, -0.05) is 25.8 Å². The zero-order valence-corrected chi connectivity index (χ0v) is 30.1. The van der Waals surface area contributed by atoms with E-state index in [-0.39, 0.29) is 89.3 Å². The Labute approximate surface area is 309 Å². The maximum Gasteiger partial charge on any atom is 0.471 e. The molecule has 3 saturated heterocycles. The van der Waals surface area contributed by atoms with Gasteiger partial charge in [0.1, 0.15) is 35.2 Å². The molecule has 2 atom stereocenters. The first-order valence-electron chi connectivity index (χ1n) is 18.7. The van der Waals surface area contributed by atoms with Crippen molar-refractivity contribution in [2.24, 2.45) is 0 Å². The number of aromatic nitrogens is 3. The Morgan fingerprint density at radius 3 is 2.31 bits per heavy atom. The minimum atomic E-state index is -5.04. The number of hydrogen-bond acceptors (Lipinski definition) is 8. The lowest BCUT2D eigenvalue weighted by Crippen LogP contribution is -2.63. The number of carbonyl (C=O) groups excluding carboxylic acids is 1. The molecule has 5 heterocycles. The first-order chi connectivity index (χ1) is 25.9. The van der Waals surface area contributed by atoms with Crippen molar-refractivity contribution in [2.45, 2.75) is 94.9 Å². The van der Waals surface area contributed by atoms with E-state index in [0.29, 0.717) is 16.5 Å². The van der Waals surface area contributed by atoms with Gasteiger partial charge < -0.3 is 19.6 Å². The summed E-state index contributed by atoms with van der Waals surface area (Å²) in [5.74, 6) is -1.11. The number of piperazine rings is 1. The first-order valence-corrected chi connectivity index (χ1v) is 18.7. The number of halogens is 5. The van der Waals surface area contributed by atoms with Gasteiger partial charge in [0.15, 0.2) is 5.82 Å². The van der Waals surface area contributed by atoms with Crippen molar-refractivity contribution in [3.63, 3.8) is 0 Å². The smallest absolute Gasteiger partial charge is 0.471 e. The van der Waals surface area contributed by atoms with Gasteiger partial charge in [0, 0.05) is 42.0 Å². The van der Waals surface area contributed by atoms with Crippen molar-refractivity contribution < 1.29 is 36.6 Å². The average molecular weight is 749 g/mol. The number of aromatic hydroxyl groups is 1. The molecule has 54 heavy (non-hydrogen) atoms. The molecular weight excluding hydrogens is 707 g/mol. The molecule has 1 saturated carbocycles. The summed E-state index contributed by atoms with van der Waals surface area (Å²) in [7, 11) is 0. The van der Waals surface area contributed by atoms with Crippen LogP contribution in [0.25, 0.3) is 32.9 Å². The third-order valence-electron chi connectivity index (χ3n) is 11.8. The van der Waals surface area contributed by atoms with E-state index in [1.807, 2.05) is 4.90 Å². The highest BCUT2D eigenvalue weighted by molar-refractivity contribution is 6.03. The third kappa shape index (κ3) is 6.04. The van der Waals surface area contributed by atoms with E-state index >= 15 is 8.78 Å². The lowest BCUT2D eigenvalue weighted by atomic mass is 9.95. The second kappa shape index (κ2) is 13.5. The Morgan fingerprint density at radius 2 is 1.70 bits per heavy atom. The number of alkyl halides is 3. The van der Waals surface area contributed by atoms with Gasteiger partial charge in [0.2, 0.25) is 0 Å². The topological polar surface area (TPSA) is 94.9 Å². The van der Waals surface area contributed by atoms with Crippen LogP contribution in [0.5, 0.6) is 11.8 Å². The maximum atomic E-state index is 17.4. The molecule has 2 unspecified atom stereocenters. The summed E-state index contributed by atoms with van der Waals surface area (Å²) < 4.78 is 80.5. The number of pyridine rings is 1. The minimum Gasteiger partial charge on any atom is -0.508 e. The number of fused-ring (bicyclic) bond motifs is 3. The van der Waals surface area contributed by atoms with Crippen molar-refractivity contribution >= 4 is 33.4 Å². The molecule has 14 heteroatoms. The predicted molar refractivity (Wildman–Crippen MR) is 193 cm³/mol. The fourth-order valence-electron chi connectivity index (χ4n) is 9.06. The standard InChI is InChI=1S/C40H41F5N6O3/c1-4-24-19-49(20-25(5-2)51(24)37(53)40(43,44)45)36-31-33(22-9-10-22)46-34(28-18-26(52)17-23-11-12-29(41)27(6-3)30(23)28)32(42)35(31)47-38(48-36)54-21-39-13-7-15-50(39)16-8-14-39/h3,11-12,17-18,22,24-25,52H,4-5,7-10,13-16,19-21H2,1-2H3. The van der Waals surface area contributed by atoms with Crippen LogP contribution in [0.1, 0.15) is 82.4 Å². The van der Waals surface area contributed by atoms with E-state index < -0.39 is 35.8 Å². The average Bonchev–Trinajstić information content (AvgIpc) is 3.80. The number of benzene rings is 2. The number of ether oxygens (including phenoxy) is 1. The summed E-state index contributed by atoms with van der Waals surface area (Å²) in [6, 6.07) is 3.65. The molecular formula is C40H41F5N6O3. The molecule has 3 aliphatic heterocycles. The SMILES string of the molecule is C#Cc1c(F)ccc2cc(O)cc(-c3nc(C4CC4)c4c(N5CC(CC)N(C(=O)C(F)(F)F)C(CC)C5)nc(OCC56CCCN5CCC6)nc4c3F)c12. The van der Waals surface area contributed by atoms with E-state index in [0.717, 1.165) is 56.5 Å². The van der Waals surface area contributed by atoms with Crippen LogP contribution in [0, 0.1) is 24.0 Å². The third-order valence-corrected chi connectivity index (χ3v) is 11.8. The van der Waals surface area contributed by atoms with Crippen LogP contribution >= 0.6 is 0 Å². The van der Waals surface area contributed by atoms with Crippen molar-refractivity contribution in [1.82, 2.24) is 24.8 Å². The van der Waals surface area contributed by atoms with Gasteiger partial charge in [0.05, 0.1) is 22.2 Å². The maximum absolute atomic E-state index is 17.4. The second-order valence-corrected chi connectivity index (χ2v) is 15.1. The summed E-state index contributed by atoms with van der Waals surface area (Å²) in [4.78, 5) is 32.4. The largest absolute Gasteiger partial charge is 0.508 e. The van der Waals surface area contributed by atoms with Gasteiger partial charge in [-0.3, -0.25) is 9.69 Å². The molecule has 0 radical (unpaired) electrons. The Kier molecular flexibility index (Phi) is 9.06. The molecule has 1 N–H and O–H groups in total. The van der Waals surface area contributed by atoms with Crippen LogP contribution in [0.2, 0.25) is 0 Å². The number of phenolic OH excluding ortho intramolecular Hbond substituents is 1. The molecule has 284 valence electrons. The summed E-state index contributed by atoms with van der Waals surface area (Å²) >= 11 is 0. The van der Waals surface area contributed by atoms with Crippen LogP contribution in [0.3, 0.4) is 0 Å². The van der Waals surface area contributed by atoms with Gasteiger partial charge >= 0.3 is 18.1 Å². The predicted octanol–water partition coefficient (Wildman–Crippen LogP) is 7.46. The van der Waals surface area contributed by atoms with Crippen LogP contribution in [0.15, 0.2) is 24.3 Å². The lowest BCUT2D eigenvalue weighted by molar-refractivity contribution is -0.191. The number of rotatable bonds is 8. The fourth-order valence-corrected chi connectivity index (χ4v) is 9.06.